The lowest BCUT2D eigenvalue weighted by molar-refractivity contribution is 0.0352. The Kier molecular flexibility index (Phi) is 15.4. The molecule has 4 N–H and O–H groups in total. The fourth-order valence-corrected chi connectivity index (χ4v) is 11.0. The van der Waals surface area contributed by atoms with Crippen molar-refractivity contribution < 1.29 is 54.2 Å². The number of rotatable bonds is 2. The van der Waals surface area contributed by atoms with Crippen molar-refractivity contribution in [2.24, 2.45) is 9.98 Å². The number of halogens is 3. The Bertz CT molecular complexity index is 2080. The molecule has 6 rings (SSSR count). The maximum atomic E-state index is 14.8. The Morgan fingerprint density at radius 2 is 1.17 bits per heavy atom. The number of nitrogens with two attached hydrogens (primary N) is 1. The third kappa shape index (κ3) is 10.3. The van der Waals surface area contributed by atoms with E-state index in [2.05, 4.69) is 36.5 Å². The standard InChI is InChI=1S/C18H23BrFN3O5S.C18H25FN4O5S.CH4.H2S/c1-17(2,3)28-16(24)21-15-22-18(12-9-11(19)5-6-13(12)20)10-27-8-7-14(18)29(25,26)23(15)4;1-17(2,3)28-16(24)21-15-22-18(12-9-11(20)5-6-13(12)19)10-27-8-7-14(18)29(25,26)23(15)4;;/h5-6,9,14H,7-8,10H2,1-4H3,(H,21,22,24);5-6,9,14H,7-8,10,20H2,1-4H3,(H,21,22,24);1H4;1H2/t2*14?,18-;;/m11../s1. The number of ether oxygens (including phenoxy) is 4. The number of carbonyl (C=O) groups is 2. The van der Waals surface area contributed by atoms with Gasteiger partial charge in [0.05, 0.1) is 13.2 Å². The largest absolute Gasteiger partial charge is 0.444 e. The Balaban J connectivity index is 0.000000310. The molecule has 0 saturated carbocycles. The van der Waals surface area contributed by atoms with Crippen molar-refractivity contribution in [3.8, 4) is 0 Å². The summed E-state index contributed by atoms with van der Waals surface area (Å²) in [5.74, 6) is -1.79. The van der Waals surface area contributed by atoms with Crippen LogP contribution in [0.4, 0.5) is 24.1 Å². The normalized spacial score (nSPS) is 25.4. The van der Waals surface area contributed by atoms with Crippen molar-refractivity contribution in [1.82, 2.24) is 19.2 Å². The number of carbonyl (C=O) groups excluding carboxylic acids is 2. The number of fused-ring (bicyclic) bond motifs is 2. The highest BCUT2D eigenvalue weighted by atomic mass is 79.9. The van der Waals surface area contributed by atoms with Crippen LogP contribution in [0.2, 0.25) is 0 Å². The van der Waals surface area contributed by atoms with Gasteiger partial charge < -0.3 is 24.7 Å². The second kappa shape index (κ2) is 18.3. The summed E-state index contributed by atoms with van der Waals surface area (Å²) in [5, 5.41) is 2.64. The van der Waals surface area contributed by atoms with E-state index < -0.39 is 76.6 Å². The van der Waals surface area contributed by atoms with Crippen molar-refractivity contribution >= 4 is 79.3 Å². The van der Waals surface area contributed by atoms with Gasteiger partial charge in [-0.05, 0) is 90.8 Å². The molecule has 4 atom stereocenters. The zero-order valence-electron chi connectivity index (χ0n) is 33.8. The van der Waals surface area contributed by atoms with Gasteiger partial charge in [-0.25, -0.2) is 53.8 Å². The molecule has 0 aliphatic carbocycles. The number of aliphatic imine (C=N–C) groups is 2. The van der Waals surface area contributed by atoms with Crippen LogP contribution >= 0.6 is 29.4 Å². The summed E-state index contributed by atoms with van der Waals surface area (Å²) in [6.07, 6.45) is -1.48. The second-order valence-corrected chi connectivity index (χ2v) is 21.2. The van der Waals surface area contributed by atoms with E-state index >= 15 is 0 Å². The third-order valence-corrected chi connectivity index (χ3v) is 14.6. The fraction of sp³-hybridized carbons (Fsp3) is 0.568. The van der Waals surface area contributed by atoms with Crippen LogP contribution in [0.3, 0.4) is 0 Å². The van der Waals surface area contributed by atoms with Crippen molar-refractivity contribution in [1.29, 1.82) is 0 Å². The Labute approximate surface area is 365 Å². The Morgan fingerprint density at radius 1 is 0.783 bits per heavy atom. The summed E-state index contributed by atoms with van der Waals surface area (Å²) in [4.78, 5) is 33.5. The maximum Gasteiger partial charge on any atom is 0.414 e. The molecule has 2 unspecified atom stereocenters. The molecule has 4 aliphatic rings. The number of alkyl carbamates (subject to hydrolysis) is 2. The topological polar surface area (TPSA) is 221 Å². The van der Waals surface area contributed by atoms with E-state index in [1.807, 2.05) is 0 Å². The minimum absolute atomic E-state index is 0. The number of amides is 2. The van der Waals surface area contributed by atoms with Gasteiger partial charge in [-0.2, -0.15) is 13.5 Å². The number of anilines is 1. The first-order valence-corrected chi connectivity index (χ1v) is 21.9. The van der Waals surface area contributed by atoms with E-state index in [-0.39, 0.29) is 88.9 Å². The van der Waals surface area contributed by atoms with E-state index in [4.69, 9.17) is 24.7 Å². The third-order valence-electron chi connectivity index (χ3n) is 9.53. The molecule has 23 heteroatoms. The van der Waals surface area contributed by atoms with Crippen LogP contribution in [0, 0.1) is 11.6 Å². The molecule has 0 radical (unpaired) electrons. The van der Waals surface area contributed by atoms with E-state index in [1.165, 1.54) is 44.4 Å². The molecule has 0 spiro atoms. The summed E-state index contributed by atoms with van der Waals surface area (Å²) in [5.41, 5.74) is 1.45. The maximum absolute atomic E-state index is 14.8. The molecule has 60 heavy (non-hydrogen) atoms. The lowest BCUT2D eigenvalue weighted by atomic mass is 9.84. The Morgan fingerprint density at radius 3 is 1.57 bits per heavy atom. The molecule has 2 aromatic rings. The van der Waals surface area contributed by atoms with Crippen molar-refractivity contribution in [3.05, 3.63) is 63.6 Å². The summed E-state index contributed by atoms with van der Waals surface area (Å²) < 4.78 is 106. The van der Waals surface area contributed by atoms with Gasteiger partial charge in [-0.15, -0.1) is 0 Å². The van der Waals surface area contributed by atoms with Crippen LogP contribution in [-0.2, 0) is 50.1 Å². The molecule has 2 fully saturated rings. The van der Waals surface area contributed by atoms with Crippen LogP contribution in [-0.4, -0.2) is 112 Å². The first kappa shape index (κ1) is 50.6. The van der Waals surface area contributed by atoms with Gasteiger partial charge in [0, 0.05) is 48.6 Å². The average molecular weight is 971 g/mol. The van der Waals surface area contributed by atoms with E-state index in [1.54, 1.807) is 41.5 Å². The summed E-state index contributed by atoms with van der Waals surface area (Å²) in [6, 6.07) is 8.13. The van der Waals surface area contributed by atoms with Gasteiger partial charge in [0.1, 0.15) is 44.4 Å². The monoisotopic (exact) mass is 969 g/mol. The van der Waals surface area contributed by atoms with E-state index in [0.717, 1.165) is 14.7 Å². The number of nitrogen functional groups attached to an aromatic ring is 1. The van der Waals surface area contributed by atoms with Gasteiger partial charge in [-0.1, -0.05) is 23.4 Å². The molecule has 0 bridgehead atoms. The minimum atomic E-state index is -3.99. The first-order valence-electron chi connectivity index (χ1n) is 18.1. The minimum Gasteiger partial charge on any atom is -0.444 e. The van der Waals surface area contributed by atoms with Crippen LogP contribution in [0.1, 0.15) is 72.9 Å². The highest BCUT2D eigenvalue weighted by Crippen LogP contribution is 2.45. The van der Waals surface area contributed by atoms with Crippen LogP contribution in [0.15, 0.2) is 50.9 Å². The van der Waals surface area contributed by atoms with Gasteiger partial charge in [0.25, 0.3) is 0 Å². The zero-order valence-corrected chi connectivity index (χ0v) is 38.0. The van der Waals surface area contributed by atoms with Crippen LogP contribution in [0.5, 0.6) is 0 Å². The Hall–Kier alpha value is -3.77. The van der Waals surface area contributed by atoms with Crippen LogP contribution < -0.4 is 16.4 Å². The molecule has 0 aromatic heterocycles. The zero-order chi connectivity index (χ0) is 43.2. The van der Waals surface area contributed by atoms with Crippen molar-refractivity contribution in [2.75, 3.05) is 46.3 Å². The molecular formula is C37H54BrF2N7O10S3. The lowest BCUT2D eigenvalue weighted by Gasteiger charge is -2.46. The van der Waals surface area contributed by atoms with Crippen molar-refractivity contribution in [3.63, 3.8) is 0 Å². The molecule has 2 saturated heterocycles. The first-order chi connectivity index (χ1) is 26.7. The number of nitrogens with zero attached hydrogens (tertiary/aromatic N) is 4. The highest BCUT2D eigenvalue weighted by Gasteiger charge is 2.58. The molecule has 2 amide bonds. The van der Waals surface area contributed by atoms with Crippen LogP contribution in [0.25, 0.3) is 0 Å². The summed E-state index contributed by atoms with van der Waals surface area (Å²) >= 11 is 3.30. The fourth-order valence-electron chi connectivity index (χ4n) is 6.97. The number of guanidine groups is 2. The molecule has 4 aliphatic heterocycles. The SMILES string of the molecule is C.CN1C(NC(=O)OC(C)(C)C)=N[C@@]2(c3cc(Br)ccc3F)COCCC2S1(=O)=O.CN1C(NC(=O)OC(C)(C)C)=N[C@@]2(c3cc(N)ccc3F)COCCC2S1(=O)=O.S. The predicted octanol–water partition coefficient (Wildman–Crippen LogP) is 5.03. The second-order valence-electron chi connectivity index (χ2n) is 16.0. The van der Waals surface area contributed by atoms with Gasteiger partial charge in [0.2, 0.25) is 32.0 Å². The quantitative estimate of drug-likeness (QED) is 0.339. The van der Waals surface area contributed by atoms with E-state index in [9.17, 15) is 35.2 Å². The van der Waals surface area contributed by atoms with Gasteiger partial charge >= 0.3 is 12.2 Å². The summed E-state index contributed by atoms with van der Waals surface area (Å²) in [6.45, 7) is 10.1. The molecule has 2 aromatic carbocycles. The summed E-state index contributed by atoms with van der Waals surface area (Å²) in [7, 11) is -5.39. The van der Waals surface area contributed by atoms with Gasteiger partial charge in [-0.3, -0.25) is 10.6 Å². The smallest absolute Gasteiger partial charge is 0.414 e. The number of sulfonamides is 2. The highest BCUT2D eigenvalue weighted by molar-refractivity contribution is 9.10. The number of hydrogen-bond donors (Lipinski definition) is 3. The lowest BCUT2D eigenvalue weighted by Crippen LogP contribution is -2.62. The number of nitrogens with one attached hydrogen (secondary N) is 2. The molecular weight excluding hydrogens is 917 g/mol. The van der Waals surface area contributed by atoms with Gasteiger partial charge in [0.15, 0.2) is 0 Å². The number of hydrogen-bond acceptors (Lipinski definition) is 13. The van der Waals surface area contributed by atoms with E-state index in [0.29, 0.717) is 4.47 Å². The predicted molar refractivity (Wildman–Crippen MR) is 231 cm³/mol. The number of benzene rings is 2. The molecule has 336 valence electrons. The average Bonchev–Trinajstić information content (AvgIpc) is 3.10. The molecule has 17 nitrogen and oxygen atoms in total. The molecule has 4 heterocycles. The van der Waals surface area contributed by atoms with Crippen molar-refractivity contribution in [2.45, 2.75) is 94.6 Å².